The fourth-order valence-electron chi connectivity index (χ4n) is 2.47. The average Bonchev–Trinajstić information content (AvgIpc) is 3.00. The molecule has 6 nitrogen and oxygen atoms in total. The maximum absolute atomic E-state index is 12.1. The van der Waals surface area contributed by atoms with E-state index < -0.39 is 6.10 Å². The van der Waals surface area contributed by atoms with Crippen LogP contribution in [0.3, 0.4) is 0 Å². The van der Waals surface area contributed by atoms with Gasteiger partial charge in [-0.05, 0) is 12.0 Å². The van der Waals surface area contributed by atoms with E-state index in [-0.39, 0.29) is 17.9 Å². The van der Waals surface area contributed by atoms with Crippen molar-refractivity contribution in [2.75, 3.05) is 6.54 Å². The molecule has 2 aliphatic rings. The van der Waals surface area contributed by atoms with E-state index in [4.69, 9.17) is 4.84 Å². The van der Waals surface area contributed by atoms with Crippen molar-refractivity contribution in [3.8, 4) is 0 Å². The molecule has 1 aromatic rings. The third-order valence-electron chi connectivity index (χ3n) is 3.68. The minimum atomic E-state index is -0.585. The number of carbonyl (C=O) groups excluding carboxylic acids is 2. The minimum absolute atomic E-state index is 0.0282. The highest BCUT2D eigenvalue weighted by Gasteiger charge is 2.31. The second-order valence-electron chi connectivity index (χ2n) is 5.25. The lowest BCUT2D eigenvalue weighted by Gasteiger charge is -2.24. The summed E-state index contributed by atoms with van der Waals surface area (Å²) in [5.74, 6) is -0.141. The molecular formula is C15H17N3O3. The predicted octanol–water partition coefficient (Wildman–Crippen LogP) is 0.574. The highest BCUT2D eigenvalue weighted by Crippen LogP contribution is 2.17. The molecule has 2 atom stereocenters. The van der Waals surface area contributed by atoms with E-state index in [0.717, 1.165) is 11.3 Å². The molecule has 1 saturated heterocycles. The number of piperidine rings is 1. The number of hydrogen-bond donors (Lipinski definition) is 2. The molecule has 0 aromatic heterocycles. The first kappa shape index (κ1) is 13.6. The maximum atomic E-state index is 12.1. The number of rotatable bonds is 3. The van der Waals surface area contributed by atoms with E-state index in [1.165, 1.54) is 0 Å². The third kappa shape index (κ3) is 3.21. The Balaban J connectivity index is 1.53. The lowest BCUT2D eigenvalue weighted by Crippen LogP contribution is -2.50. The first-order chi connectivity index (χ1) is 10.2. The minimum Gasteiger partial charge on any atom is -0.382 e. The van der Waals surface area contributed by atoms with Crippen molar-refractivity contribution in [1.82, 2.24) is 10.6 Å². The van der Waals surface area contributed by atoms with Gasteiger partial charge in [-0.2, -0.15) is 0 Å². The van der Waals surface area contributed by atoms with Crippen molar-refractivity contribution in [2.24, 2.45) is 5.16 Å². The predicted molar refractivity (Wildman–Crippen MR) is 76.6 cm³/mol. The summed E-state index contributed by atoms with van der Waals surface area (Å²) in [6.45, 7) is 0.476. The van der Waals surface area contributed by atoms with Crippen LogP contribution in [0.15, 0.2) is 35.5 Å². The Hall–Kier alpha value is -2.37. The zero-order valence-electron chi connectivity index (χ0n) is 11.5. The number of oxime groups is 1. The van der Waals surface area contributed by atoms with Crippen LogP contribution in [0, 0.1) is 0 Å². The molecule has 3 rings (SSSR count). The molecule has 1 aromatic carbocycles. The number of carbonyl (C=O) groups is 2. The smallest absolute Gasteiger partial charge is 0.264 e. The monoisotopic (exact) mass is 287 g/mol. The van der Waals surface area contributed by atoms with Gasteiger partial charge in [-0.25, -0.2) is 0 Å². The lowest BCUT2D eigenvalue weighted by molar-refractivity contribution is -0.133. The summed E-state index contributed by atoms with van der Waals surface area (Å²) in [5, 5.41) is 9.64. The van der Waals surface area contributed by atoms with E-state index in [1.807, 2.05) is 30.3 Å². The van der Waals surface area contributed by atoms with E-state index in [1.54, 1.807) is 0 Å². The molecule has 21 heavy (non-hydrogen) atoms. The third-order valence-corrected chi connectivity index (χ3v) is 3.68. The quantitative estimate of drug-likeness (QED) is 0.853. The highest BCUT2D eigenvalue weighted by molar-refractivity contribution is 6.04. The molecule has 2 amide bonds. The van der Waals surface area contributed by atoms with Crippen LogP contribution >= 0.6 is 0 Å². The number of hydrogen-bond acceptors (Lipinski definition) is 4. The van der Waals surface area contributed by atoms with Crippen LogP contribution < -0.4 is 10.6 Å². The van der Waals surface area contributed by atoms with Crippen molar-refractivity contribution >= 4 is 17.5 Å². The normalized spacial score (nSPS) is 24.8. The first-order valence-corrected chi connectivity index (χ1v) is 7.07. The summed E-state index contributed by atoms with van der Waals surface area (Å²) >= 11 is 0. The van der Waals surface area contributed by atoms with Crippen molar-refractivity contribution < 1.29 is 14.4 Å². The Kier molecular flexibility index (Phi) is 3.85. The van der Waals surface area contributed by atoms with Gasteiger partial charge in [0.2, 0.25) is 12.0 Å². The van der Waals surface area contributed by atoms with E-state index >= 15 is 0 Å². The zero-order valence-corrected chi connectivity index (χ0v) is 11.5. The van der Waals surface area contributed by atoms with Crippen molar-refractivity contribution in [2.45, 2.75) is 31.4 Å². The largest absolute Gasteiger partial charge is 0.382 e. The van der Waals surface area contributed by atoms with Gasteiger partial charge in [0.15, 0.2) is 0 Å². The fourth-order valence-corrected chi connectivity index (χ4v) is 2.47. The number of amides is 2. The summed E-state index contributed by atoms with van der Waals surface area (Å²) in [4.78, 5) is 28.5. The van der Waals surface area contributed by atoms with Crippen LogP contribution in [-0.4, -0.2) is 36.2 Å². The van der Waals surface area contributed by atoms with E-state index in [0.29, 0.717) is 25.8 Å². The first-order valence-electron chi connectivity index (χ1n) is 7.07. The van der Waals surface area contributed by atoms with Gasteiger partial charge in [-0.15, -0.1) is 0 Å². The number of nitrogens with zero attached hydrogens (tertiary/aromatic N) is 1. The molecule has 2 heterocycles. The maximum Gasteiger partial charge on any atom is 0.264 e. The second-order valence-corrected chi connectivity index (χ2v) is 5.25. The van der Waals surface area contributed by atoms with Crippen molar-refractivity contribution in [3.05, 3.63) is 35.9 Å². The second kappa shape index (κ2) is 5.95. The summed E-state index contributed by atoms with van der Waals surface area (Å²) in [5.41, 5.74) is 1.76. The molecule has 1 fully saturated rings. The van der Waals surface area contributed by atoms with Crippen LogP contribution in [0.1, 0.15) is 24.8 Å². The Morgan fingerprint density at radius 1 is 1.33 bits per heavy atom. The molecule has 110 valence electrons. The zero-order chi connectivity index (χ0) is 14.7. The summed E-state index contributed by atoms with van der Waals surface area (Å²) in [7, 11) is 0. The van der Waals surface area contributed by atoms with Crippen LogP contribution in [0.25, 0.3) is 0 Å². The van der Waals surface area contributed by atoms with Crippen LogP contribution in [0.2, 0.25) is 0 Å². The van der Waals surface area contributed by atoms with E-state index in [2.05, 4.69) is 15.8 Å². The van der Waals surface area contributed by atoms with Crippen molar-refractivity contribution in [3.63, 3.8) is 0 Å². The Bertz CT molecular complexity index is 561. The molecule has 2 N–H and O–H groups in total. The molecule has 6 heteroatoms. The number of nitrogens with one attached hydrogen (secondary N) is 2. The summed E-state index contributed by atoms with van der Waals surface area (Å²) in [6.07, 6.45) is 0.992. The van der Waals surface area contributed by atoms with Gasteiger partial charge >= 0.3 is 0 Å². The standard InChI is InChI=1S/C15H17N3O3/c19-14-7-6-11(9-16-14)17-15(20)13-8-12(18-21-13)10-4-2-1-3-5-10/h1-5,11,13H,6-9H2,(H,16,19)(H,17,20). The molecule has 2 unspecified atom stereocenters. The molecule has 0 saturated carbocycles. The molecule has 0 spiro atoms. The lowest BCUT2D eigenvalue weighted by atomic mass is 10.0. The van der Waals surface area contributed by atoms with Gasteiger partial charge in [-0.1, -0.05) is 35.5 Å². The van der Waals surface area contributed by atoms with Gasteiger partial charge in [-0.3, -0.25) is 9.59 Å². The summed E-state index contributed by atoms with van der Waals surface area (Å²) < 4.78 is 0. The molecule has 0 radical (unpaired) electrons. The Morgan fingerprint density at radius 3 is 2.86 bits per heavy atom. The van der Waals surface area contributed by atoms with Gasteiger partial charge in [0, 0.05) is 25.4 Å². The van der Waals surface area contributed by atoms with Gasteiger partial charge < -0.3 is 15.5 Å². The topological polar surface area (TPSA) is 79.8 Å². The highest BCUT2D eigenvalue weighted by atomic mass is 16.6. The van der Waals surface area contributed by atoms with Crippen LogP contribution in [0.4, 0.5) is 0 Å². The number of benzene rings is 1. The molecular weight excluding hydrogens is 270 g/mol. The van der Waals surface area contributed by atoms with Gasteiger partial charge in [0.05, 0.1) is 5.71 Å². The molecule has 0 bridgehead atoms. The SMILES string of the molecule is O=C1CCC(NC(=O)C2CC(c3ccccc3)=NO2)CN1. The summed E-state index contributed by atoms with van der Waals surface area (Å²) in [6, 6.07) is 9.64. The Morgan fingerprint density at radius 2 is 2.14 bits per heavy atom. The fraction of sp³-hybridized carbons (Fsp3) is 0.400. The molecule has 2 aliphatic heterocycles. The van der Waals surface area contributed by atoms with E-state index in [9.17, 15) is 9.59 Å². The van der Waals surface area contributed by atoms with Crippen LogP contribution in [0.5, 0.6) is 0 Å². The Labute approximate surface area is 122 Å². The molecule has 0 aliphatic carbocycles. The van der Waals surface area contributed by atoms with Gasteiger partial charge in [0.1, 0.15) is 0 Å². The van der Waals surface area contributed by atoms with Crippen molar-refractivity contribution in [1.29, 1.82) is 0 Å². The van der Waals surface area contributed by atoms with Crippen LogP contribution in [-0.2, 0) is 14.4 Å². The average molecular weight is 287 g/mol. The van der Waals surface area contributed by atoms with Gasteiger partial charge in [0.25, 0.3) is 5.91 Å².